The molecule has 1 aromatic carbocycles. The lowest BCUT2D eigenvalue weighted by atomic mass is 9.95. The highest BCUT2D eigenvalue weighted by Crippen LogP contribution is 2.49. The third-order valence-electron chi connectivity index (χ3n) is 3.87. The number of carbonyl (C=O) groups is 2. The van der Waals surface area contributed by atoms with Crippen molar-refractivity contribution in [2.75, 3.05) is 13.1 Å². The zero-order valence-electron chi connectivity index (χ0n) is 9.99. The fraction of sp³-hybridized carbons (Fsp3) is 0.429. The Morgan fingerprint density at radius 1 is 1.17 bits per heavy atom. The number of Topliss-reactive ketones (excluding diaryl/α,β-unsaturated/α-hetero) is 1. The summed E-state index contributed by atoms with van der Waals surface area (Å²) in [5.74, 6) is 0.00662. The van der Waals surface area contributed by atoms with Crippen LogP contribution in [-0.2, 0) is 15.0 Å². The van der Waals surface area contributed by atoms with Gasteiger partial charge in [0.25, 0.3) is 0 Å². The van der Waals surface area contributed by atoms with Gasteiger partial charge >= 0.3 is 0 Å². The largest absolute Gasteiger partial charge is 0.334 e. The van der Waals surface area contributed by atoms with Gasteiger partial charge in [-0.15, -0.1) is 0 Å². The average Bonchev–Trinajstić information content (AvgIpc) is 3.03. The zero-order chi connectivity index (χ0) is 12.8. The molecule has 1 aliphatic heterocycles. The topological polar surface area (TPSA) is 37.4 Å². The lowest BCUT2D eigenvalue weighted by Crippen LogP contribution is -2.33. The maximum atomic E-state index is 11.7. The maximum absolute atomic E-state index is 11.7. The van der Waals surface area contributed by atoms with E-state index in [1.165, 1.54) is 5.56 Å². The van der Waals surface area contributed by atoms with E-state index in [1.807, 2.05) is 24.3 Å². The molecule has 0 N–H and O–H groups in total. The number of hydrogen-bond donors (Lipinski definition) is 0. The van der Waals surface area contributed by atoms with E-state index in [4.69, 9.17) is 11.6 Å². The van der Waals surface area contributed by atoms with Gasteiger partial charge in [-0.2, -0.15) is 0 Å². The van der Waals surface area contributed by atoms with Crippen molar-refractivity contribution < 1.29 is 9.59 Å². The summed E-state index contributed by atoms with van der Waals surface area (Å²) in [5, 5.41) is 0.724. The summed E-state index contributed by atoms with van der Waals surface area (Å²) >= 11 is 5.89. The van der Waals surface area contributed by atoms with Gasteiger partial charge in [-0.3, -0.25) is 9.59 Å². The van der Waals surface area contributed by atoms with Gasteiger partial charge in [-0.1, -0.05) is 23.7 Å². The smallest absolute Gasteiger partial charge is 0.230 e. The number of rotatable bonds is 3. The Bertz CT molecular complexity index is 505. The molecule has 3 nitrogen and oxygen atoms in total. The average molecular weight is 264 g/mol. The number of benzene rings is 1. The highest BCUT2D eigenvalue weighted by Gasteiger charge is 2.47. The number of nitrogens with zero attached hydrogens (tertiary/aromatic N) is 1. The van der Waals surface area contributed by atoms with Gasteiger partial charge in [0.1, 0.15) is 0 Å². The van der Waals surface area contributed by atoms with Crippen molar-refractivity contribution in [3.63, 3.8) is 0 Å². The van der Waals surface area contributed by atoms with Crippen LogP contribution in [0, 0.1) is 0 Å². The Labute approximate surface area is 111 Å². The third kappa shape index (κ3) is 2.03. The first-order chi connectivity index (χ1) is 8.59. The standard InChI is InChI=1S/C14H14ClNO2/c15-11-3-1-10(2-4-11)14(5-6-14)9-16-8-12(17)7-13(16)18/h1-4H,5-9H2. The molecule has 1 amide bonds. The normalized spacial score (nSPS) is 21.5. The number of likely N-dealkylation sites (tertiary alicyclic amines) is 1. The van der Waals surface area contributed by atoms with Crippen LogP contribution >= 0.6 is 11.6 Å². The van der Waals surface area contributed by atoms with E-state index in [0.717, 1.165) is 17.9 Å². The van der Waals surface area contributed by atoms with Gasteiger partial charge in [0, 0.05) is 17.0 Å². The molecule has 1 aromatic rings. The SMILES string of the molecule is O=C1CC(=O)N(CC2(c3ccc(Cl)cc3)CC2)C1. The fourth-order valence-electron chi connectivity index (χ4n) is 2.64. The van der Waals surface area contributed by atoms with Gasteiger partial charge in [-0.05, 0) is 30.5 Å². The van der Waals surface area contributed by atoms with Crippen LogP contribution in [-0.4, -0.2) is 29.7 Å². The number of ketones is 1. The van der Waals surface area contributed by atoms with E-state index < -0.39 is 0 Å². The first kappa shape index (κ1) is 11.7. The van der Waals surface area contributed by atoms with Crippen molar-refractivity contribution in [1.29, 1.82) is 0 Å². The molecule has 0 aromatic heterocycles. The molecule has 0 bridgehead atoms. The molecule has 4 heteroatoms. The molecule has 1 aliphatic carbocycles. The molecule has 2 aliphatic rings. The van der Waals surface area contributed by atoms with Crippen LogP contribution in [0.5, 0.6) is 0 Å². The number of carbonyl (C=O) groups excluding carboxylic acids is 2. The summed E-state index contributed by atoms with van der Waals surface area (Å²) < 4.78 is 0. The molecular weight excluding hydrogens is 250 g/mol. The first-order valence-electron chi connectivity index (χ1n) is 6.15. The van der Waals surface area contributed by atoms with Crippen LogP contribution < -0.4 is 0 Å². The number of amides is 1. The molecule has 0 radical (unpaired) electrons. The van der Waals surface area contributed by atoms with E-state index in [1.54, 1.807) is 4.90 Å². The highest BCUT2D eigenvalue weighted by atomic mass is 35.5. The van der Waals surface area contributed by atoms with Crippen molar-refractivity contribution in [1.82, 2.24) is 4.90 Å². The molecule has 0 atom stereocenters. The fourth-order valence-corrected chi connectivity index (χ4v) is 2.77. The molecule has 1 saturated heterocycles. The van der Waals surface area contributed by atoms with Crippen LogP contribution in [0.1, 0.15) is 24.8 Å². The highest BCUT2D eigenvalue weighted by molar-refractivity contribution is 6.30. The minimum absolute atomic E-state index is 0.0276. The van der Waals surface area contributed by atoms with E-state index >= 15 is 0 Å². The molecule has 0 spiro atoms. The molecule has 2 fully saturated rings. The van der Waals surface area contributed by atoms with Crippen molar-refractivity contribution in [3.05, 3.63) is 34.9 Å². The number of hydrogen-bond acceptors (Lipinski definition) is 2. The van der Waals surface area contributed by atoms with E-state index in [-0.39, 0.29) is 30.1 Å². The van der Waals surface area contributed by atoms with Crippen LogP contribution in [0.25, 0.3) is 0 Å². The van der Waals surface area contributed by atoms with Crippen molar-refractivity contribution in [2.45, 2.75) is 24.7 Å². The number of halogens is 1. The van der Waals surface area contributed by atoms with Crippen molar-refractivity contribution in [3.8, 4) is 0 Å². The lowest BCUT2D eigenvalue weighted by molar-refractivity contribution is -0.128. The van der Waals surface area contributed by atoms with Crippen LogP contribution in [0.3, 0.4) is 0 Å². The van der Waals surface area contributed by atoms with E-state index in [2.05, 4.69) is 0 Å². The zero-order valence-corrected chi connectivity index (χ0v) is 10.7. The minimum atomic E-state index is -0.0276. The van der Waals surface area contributed by atoms with Gasteiger partial charge in [0.2, 0.25) is 5.91 Å². The monoisotopic (exact) mass is 263 g/mol. The quantitative estimate of drug-likeness (QED) is 0.784. The van der Waals surface area contributed by atoms with Crippen molar-refractivity contribution in [2.24, 2.45) is 0 Å². The Morgan fingerprint density at radius 2 is 1.83 bits per heavy atom. The predicted molar refractivity (Wildman–Crippen MR) is 68.6 cm³/mol. The second-order valence-electron chi connectivity index (χ2n) is 5.25. The first-order valence-corrected chi connectivity index (χ1v) is 6.52. The Hall–Kier alpha value is -1.35. The van der Waals surface area contributed by atoms with Gasteiger partial charge in [0.05, 0.1) is 13.0 Å². The molecule has 18 heavy (non-hydrogen) atoms. The lowest BCUT2D eigenvalue weighted by Gasteiger charge is -2.23. The molecule has 1 saturated carbocycles. The second-order valence-corrected chi connectivity index (χ2v) is 5.69. The van der Waals surface area contributed by atoms with E-state index in [9.17, 15) is 9.59 Å². The van der Waals surface area contributed by atoms with Crippen LogP contribution in [0.2, 0.25) is 5.02 Å². The Kier molecular flexibility index (Phi) is 2.67. The Morgan fingerprint density at radius 3 is 2.33 bits per heavy atom. The van der Waals surface area contributed by atoms with Crippen LogP contribution in [0.15, 0.2) is 24.3 Å². The third-order valence-corrected chi connectivity index (χ3v) is 4.12. The maximum Gasteiger partial charge on any atom is 0.230 e. The summed E-state index contributed by atoms with van der Waals surface area (Å²) in [6, 6.07) is 7.82. The summed E-state index contributed by atoms with van der Waals surface area (Å²) in [4.78, 5) is 24.6. The summed E-state index contributed by atoms with van der Waals surface area (Å²) in [7, 11) is 0. The molecule has 0 unspecified atom stereocenters. The second kappa shape index (κ2) is 4.09. The van der Waals surface area contributed by atoms with Crippen LogP contribution in [0.4, 0.5) is 0 Å². The van der Waals surface area contributed by atoms with Gasteiger partial charge < -0.3 is 4.90 Å². The molecule has 1 heterocycles. The van der Waals surface area contributed by atoms with E-state index in [0.29, 0.717) is 6.54 Å². The summed E-state index contributed by atoms with van der Waals surface area (Å²) in [6.45, 7) is 0.952. The van der Waals surface area contributed by atoms with Gasteiger partial charge in [0.15, 0.2) is 5.78 Å². The summed E-state index contributed by atoms with van der Waals surface area (Å²) in [5.41, 5.74) is 1.28. The van der Waals surface area contributed by atoms with Gasteiger partial charge in [-0.25, -0.2) is 0 Å². The predicted octanol–water partition coefficient (Wildman–Crippen LogP) is 2.17. The minimum Gasteiger partial charge on any atom is -0.334 e. The Balaban J connectivity index is 1.78. The van der Waals surface area contributed by atoms with Crippen molar-refractivity contribution >= 4 is 23.3 Å². The molecule has 94 valence electrons. The molecule has 3 rings (SSSR count). The summed E-state index contributed by atoms with van der Waals surface area (Å²) in [6.07, 6.45) is 2.23. The molecular formula is C14H14ClNO2.